The van der Waals surface area contributed by atoms with Crippen LogP contribution in [0.2, 0.25) is 0 Å². The van der Waals surface area contributed by atoms with Crippen molar-refractivity contribution < 1.29 is 19.1 Å². The third-order valence-corrected chi connectivity index (χ3v) is 4.32. The fourth-order valence-corrected chi connectivity index (χ4v) is 2.94. The maximum atomic E-state index is 12.5. The van der Waals surface area contributed by atoms with Crippen molar-refractivity contribution in [3.8, 4) is 11.1 Å². The van der Waals surface area contributed by atoms with Crippen molar-refractivity contribution in [2.45, 2.75) is 0 Å². The second kappa shape index (κ2) is 6.80. The predicted octanol–water partition coefficient (Wildman–Crippen LogP) is 5.05. The van der Waals surface area contributed by atoms with Crippen LogP contribution in [0.4, 0.5) is 5.69 Å². The quantitative estimate of drug-likeness (QED) is 0.536. The Labute approximate surface area is 154 Å². The van der Waals surface area contributed by atoms with Crippen LogP contribution in [0.1, 0.15) is 20.7 Å². The molecule has 0 fully saturated rings. The summed E-state index contributed by atoms with van der Waals surface area (Å²) in [5, 5.41) is 13.1. The molecule has 27 heavy (non-hydrogen) atoms. The maximum Gasteiger partial charge on any atom is 0.337 e. The highest BCUT2D eigenvalue weighted by atomic mass is 16.4. The molecule has 4 rings (SSSR count). The maximum absolute atomic E-state index is 12.5. The molecule has 0 aliphatic heterocycles. The summed E-state index contributed by atoms with van der Waals surface area (Å²) in [5.74, 6) is -1.46. The largest absolute Gasteiger partial charge is 0.478 e. The van der Waals surface area contributed by atoms with Crippen LogP contribution in [0.3, 0.4) is 0 Å². The second-order valence-corrected chi connectivity index (χ2v) is 6.06. The molecule has 5 heteroatoms. The van der Waals surface area contributed by atoms with Gasteiger partial charge in [-0.05, 0) is 53.6 Å². The van der Waals surface area contributed by atoms with E-state index in [1.807, 2.05) is 30.3 Å². The average Bonchev–Trinajstić information content (AvgIpc) is 3.16. The molecule has 3 aromatic carbocycles. The number of anilines is 1. The molecule has 1 aromatic heterocycles. The zero-order chi connectivity index (χ0) is 18.8. The number of carboxylic acid groups (broad SMARTS) is 1. The number of amides is 1. The molecule has 2 N–H and O–H groups in total. The van der Waals surface area contributed by atoms with Crippen molar-refractivity contribution >= 4 is 28.5 Å². The predicted molar refractivity (Wildman–Crippen MR) is 103 cm³/mol. The lowest BCUT2D eigenvalue weighted by Crippen LogP contribution is -2.14. The molecule has 4 aromatic rings. The molecule has 0 saturated heterocycles. The van der Waals surface area contributed by atoms with Gasteiger partial charge in [0.2, 0.25) is 0 Å². The van der Waals surface area contributed by atoms with E-state index in [-0.39, 0.29) is 17.2 Å². The van der Waals surface area contributed by atoms with Crippen LogP contribution in [-0.4, -0.2) is 17.0 Å². The minimum atomic E-state index is -1.10. The topological polar surface area (TPSA) is 79.5 Å². The number of hydrogen-bond donors (Lipinski definition) is 2. The van der Waals surface area contributed by atoms with Crippen LogP contribution < -0.4 is 5.32 Å². The molecule has 0 saturated carbocycles. The Kier molecular flexibility index (Phi) is 4.18. The van der Waals surface area contributed by atoms with E-state index in [1.54, 1.807) is 42.7 Å². The first-order valence-corrected chi connectivity index (χ1v) is 8.33. The van der Waals surface area contributed by atoms with E-state index in [4.69, 9.17) is 4.42 Å². The molecule has 1 heterocycles. The molecule has 1 amide bonds. The zero-order valence-electron chi connectivity index (χ0n) is 14.2. The van der Waals surface area contributed by atoms with Gasteiger partial charge in [-0.25, -0.2) is 4.79 Å². The van der Waals surface area contributed by atoms with Crippen molar-refractivity contribution in [1.29, 1.82) is 0 Å². The molecular weight excluding hydrogens is 342 g/mol. The second-order valence-electron chi connectivity index (χ2n) is 6.06. The van der Waals surface area contributed by atoms with E-state index in [9.17, 15) is 14.7 Å². The first-order valence-electron chi connectivity index (χ1n) is 8.33. The van der Waals surface area contributed by atoms with Gasteiger partial charge in [-0.2, -0.15) is 0 Å². The number of rotatable bonds is 4. The van der Waals surface area contributed by atoms with E-state index in [1.165, 1.54) is 6.07 Å². The molecule has 0 radical (unpaired) electrons. The van der Waals surface area contributed by atoms with Crippen molar-refractivity contribution in [3.63, 3.8) is 0 Å². The standard InChI is InChI=1S/C22H15NO4/c24-21(14-4-2-1-3-5-14)23-19-13-16(6-8-18(19)22(25)26)15-7-9-20-17(12-15)10-11-27-20/h1-13H,(H,23,24)(H,25,26). The van der Waals surface area contributed by atoms with Crippen LogP contribution in [0.5, 0.6) is 0 Å². The van der Waals surface area contributed by atoms with E-state index < -0.39 is 5.97 Å². The van der Waals surface area contributed by atoms with Gasteiger partial charge in [-0.1, -0.05) is 30.3 Å². The van der Waals surface area contributed by atoms with E-state index in [0.717, 1.165) is 22.1 Å². The smallest absolute Gasteiger partial charge is 0.337 e. The van der Waals surface area contributed by atoms with Gasteiger partial charge in [0.15, 0.2) is 0 Å². The lowest BCUT2D eigenvalue weighted by molar-refractivity contribution is 0.0698. The van der Waals surface area contributed by atoms with E-state index in [2.05, 4.69) is 5.32 Å². The van der Waals surface area contributed by atoms with Crippen LogP contribution in [0, 0.1) is 0 Å². The van der Waals surface area contributed by atoms with Gasteiger partial charge in [0, 0.05) is 10.9 Å². The lowest BCUT2D eigenvalue weighted by atomic mass is 10.0. The molecule has 0 aliphatic rings. The molecule has 132 valence electrons. The summed E-state index contributed by atoms with van der Waals surface area (Å²) >= 11 is 0. The number of furan rings is 1. The van der Waals surface area contributed by atoms with Crippen molar-refractivity contribution in [2.24, 2.45) is 0 Å². The highest BCUT2D eigenvalue weighted by molar-refractivity contribution is 6.08. The molecule has 0 unspecified atom stereocenters. The summed E-state index contributed by atoms with van der Waals surface area (Å²) < 4.78 is 5.35. The number of carboxylic acids is 1. The lowest BCUT2D eigenvalue weighted by Gasteiger charge is -2.11. The molecular formula is C22H15NO4. The average molecular weight is 357 g/mol. The third kappa shape index (κ3) is 3.30. The number of hydrogen-bond acceptors (Lipinski definition) is 3. The van der Waals surface area contributed by atoms with E-state index in [0.29, 0.717) is 5.56 Å². The van der Waals surface area contributed by atoms with Gasteiger partial charge in [-0.15, -0.1) is 0 Å². The van der Waals surface area contributed by atoms with Crippen molar-refractivity contribution in [1.82, 2.24) is 0 Å². The SMILES string of the molecule is O=C(Nc1cc(-c2ccc3occc3c2)ccc1C(=O)O)c1ccccc1. The molecule has 5 nitrogen and oxygen atoms in total. The van der Waals surface area contributed by atoms with Gasteiger partial charge in [0.1, 0.15) is 5.58 Å². The fraction of sp³-hybridized carbons (Fsp3) is 0. The molecule has 0 bridgehead atoms. The normalized spacial score (nSPS) is 10.7. The Morgan fingerprint density at radius 2 is 1.59 bits per heavy atom. The molecule has 0 aliphatic carbocycles. The molecule has 0 spiro atoms. The Bertz CT molecular complexity index is 1150. The summed E-state index contributed by atoms with van der Waals surface area (Å²) in [6.45, 7) is 0. The summed E-state index contributed by atoms with van der Waals surface area (Å²) in [4.78, 5) is 24.0. The first kappa shape index (κ1) is 16.6. The number of benzene rings is 3. The van der Waals surface area contributed by atoms with Crippen LogP contribution in [-0.2, 0) is 0 Å². The van der Waals surface area contributed by atoms with Gasteiger partial charge < -0.3 is 14.8 Å². The minimum absolute atomic E-state index is 0.0346. The number of carbonyl (C=O) groups is 2. The monoisotopic (exact) mass is 357 g/mol. The number of nitrogens with one attached hydrogen (secondary N) is 1. The van der Waals surface area contributed by atoms with Crippen molar-refractivity contribution in [2.75, 3.05) is 5.32 Å². The summed E-state index contributed by atoms with van der Waals surface area (Å²) in [5.41, 5.74) is 3.22. The Morgan fingerprint density at radius 1 is 0.852 bits per heavy atom. The van der Waals surface area contributed by atoms with Gasteiger partial charge >= 0.3 is 5.97 Å². The van der Waals surface area contributed by atoms with Crippen LogP contribution >= 0.6 is 0 Å². The Hall–Kier alpha value is -3.86. The van der Waals surface area contributed by atoms with Crippen LogP contribution in [0.25, 0.3) is 22.1 Å². The summed E-state index contributed by atoms with van der Waals surface area (Å²) in [6, 6.07) is 21.1. The van der Waals surface area contributed by atoms with E-state index >= 15 is 0 Å². The number of carbonyl (C=O) groups excluding carboxylic acids is 1. The van der Waals surface area contributed by atoms with Gasteiger partial charge in [0.25, 0.3) is 5.91 Å². The third-order valence-electron chi connectivity index (χ3n) is 4.32. The number of fused-ring (bicyclic) bond motifs is 1. The Balaban J connectivity index is 1.73. The minimum Gasteiger partial charge on any atom is -0.478 e. The summed E-state index contributed by atoms with van der Waals surface area (Å²) in [7, 11) is 0. The van der Waals surface area contributed by atoms with Gasteiger partial charge in [0.05, 0.1) is 17.5 Å². The van der Waals surface area contributed by atoms with Gasteiger partial charge in [-0.3, -0.25) is 4.79 Å². The van der Waals surface area contributed by atoms with Crippen LogP contribution in [0.15, 0.2) is 83.5 Å². The molecule has 0 atom stereocenters. The fourth-order valence-electron chi connectivity index (χ4n) is 2.94. The first-order chi connectivity index (χ1) is 13.1. The number of aromatic carboxylic acids is 1. The highest BCUT2D eigenvalue weighted by Gasteiger charge is 2.15. The van der Waals surface area contributed by atoms with Crippen molar-refractivity contribution in [3.05, 3.63) is 90.2 Å². The zero-order valence-corrected chi connectivity index (χ0v) is 14.2. The highest BCUT2D eigenvalue weighted by Crippen LogP contribution is 2.29. The summed E-state index contributed by atoms with van der Waals surface area (Å²) in [6.07, 6.45) is 1.62. The Morgan fingerprint density at radius 3 is 2.37 bits per heavy atom.